The zero-order valence-corrected chi connectivity index (χ0v) is 15.7. The fourth-order valence-corrected chi connectivity index (χ4v) is 2.81. The number of carbonyl (C=O) groups excluding carboxylic acids is 1. The molecule has 5 N–H and O–H groups in total. The van der Waals surface area contributed by atoms with Gasteiger partial charge in [0.05, 0.1) is 12.7 Å². The SMILES string of the molecule is CCCCCCC(=O)CCCCCCCC[C@H](O)[C@@](N)(CO)C(=O)O. The Kier molecular flexibility index (Phi) is 13.7. The third-order valence-electron chi connectivity index (χ3n) is 4.75. The molecular formula is C19H37NO5. The van der Waals surface area contributed by atoms with Crippen LogP contribution in [0.2, 0.25) is 0 Å². The molecule has 0 amide bonds. The number of aliphatic hydroxyl groups is 2. The third-order valence-corrected chi connectivity index (χ3v) is 4.75. The molecule has 0 rings (SSSR count). The Labute approximate surface area is 151 Å². The second kappa shape index (κ2) is 14.2. The van der Waals surface area contributed by atoms with Crippen molar-refractivity contribution >= 4 is 11.8 Å². The Morgan fingerprint density at radius 1 is 0.920 bits per heavy atom. The van der Waals surface area contributed by atoms with Gasteiger partial charge < -0.3 is 21.1 Å². The summed E-state index contributed by atoms with van der Waals surface area (Å²) in [6, 6.07) is 0. The second-order valence-electron chi connectivity index (χ2n) is 7.03. The molecule has 0 aromatic carbocycles. The molecule has 0 aliphatic carbocycles. The largest absolute Gasteiger partial charge is 0.480 e. The molecule has 0 spiro atoms. The van der Waals surface area contributed by atoms with Crippen molar-refractivity contribution in [3.63, 3.8) is 0 Å². The maximum absolute atomic E-state index is 11.7. The first kappa shape index (κ1) is 24.0. The molecule has 0 aliphatic rings. The fourth-order valence-electron chi connectivity index (χ4n) is 2.81. The first-order chi connectivity index (χ1) is 11.9. The maximum Gasteiger partial charge on any atom is 0.328 e. The van der Waals surface area contributed by atoms with Crippen LogP contribution >= 0.6 is 0 Å². The summed E-state index contributed by atoms with van der Waals surface area (Å²) in [5, 5.41) is 27.9. The Bertz CT molecular complexity index is 375. The van der Waals surface area contributed by atoms with Gasteiger partial charge in [0.2, 0.25) is 0 Å². The molecule has 148 valence electrons. The number of ketones is 1. The number of aliphatic hydroxyl groups excluding tert-OH is 2. The van der Waals surface area contributed by atoms with Crippen LogP contribution in [0.25, 0.3) is 0 Å². The Morgan fingerprint density at radius 2 is 1.40 bits per heavy atom. The van der Waals surface area contributed by atoms with Gasteiger partial charge in [-0.3, -0.25) is 9.59 Å². The Morgan fingerprint density at radius 3 is 1.88 bits per heavy atom. The van der Waals surface area contributed by atoms with Crippen molar-refractivity contribution < 1.29 is 24.9 Å². The quantitative estimate of drug-likeness (QED) is 0.296. The minimum Gasteiger partial charge on any atom is -0.480 e. The molecule has 0 fully saturated rings. The van der Waals surface area contributed by atoms with Crippen molar-refractivity contribution in [2.45, 2.75) is 102 Å². The number of rotatable bonds is 17. The molecule has 0 heterocycles. The van der Waals surface area contributed by atoms with Crippen LogP contribution in [-0.4, -0.2) is 45.3 Å². The third kappa shape index (κ3) is 10.6. The smallest absolute Gasteiger partial charge is 0.328 e. The van der Waals surface area contributed by atoms with Crippen LogP contribution in [0.4, 0.5) is 0 Å². The maximum atomic E-state index is 11.7. The van der Waals surface area contributed by atoms with Crippen molar-refractivity contribution in [2.75, 3.05) is 6.61 Å². The number of Topliss-reactive ketones (excluding diaryl/α,β-unsaturated/α-hetero) is 1. The summed E-state index contributed by atoms with van der Waals surface area (Å²) < 4.78 is 0. The molecule has 0 radical (unpaired) electrons. The lowest BCUT2D eigenvalue weighted by molar-refractivity contribution is -0.150. The van der Waals surface area contributed by atoms with Crippen molar-refractivity contribution in [1.29, 1.82) is 0 Å². The number of aliphatic carboxylic acids is 1. The van der Waals surface area contributed by atoms with Crippen LogP contribution in [0.5, 0.6) is 0 Å². The molecule has 2 atom stereocenters. The summed E-state index contributed by atoms with van der Waals surface area (Å²) in [5.41, 5.74) is 3.54. The van der Waals surface area contributed by atoms with Gasteiger partial charge in [0.25, 0.3) is 0 Å². The van der Waals surface area contributed by atoms with Gasteiger partial charge in [0.1, 0.15) is 5.78 Å². The van der Waals surface area contributed by atoms with Gasteiger partial charge in [-0.15, -0.1) is 0 Å². The molecule has 0 saturated heterocycles. The summed E-state index contributed by atoms with van der Waals surface area (Å²) in [6.45, 7) is 1.38. The van der Waals surface area contributed by atoms with E-state index in [0.717, 1.165) is 44.9 Å². The van der Waals surface area contributed by atoms with Crippen molar-refractivity contribution in [1.82, 2.24) is 0 Å². The minimum absolute atomic E-state index is 0.263. The lowest BCUT2D eigenvalue weighted by Crippen LogP contribution is -2.60. The summed E-state index contributed by atoms with van der Waals surface area (Å²) in [6.07, 6.45) is 10.5. The molecule has 0 unspecified atom stereocenters. The highest BCUT2D eigenvalue weighted by molar-refractivity contribution is 5.79. The number of carbonyl (C=O) groups is 2. The molecule has 6 heteroatoms. The van der Waals surface area contributed by atoms with Crippen molar-refractivity contribution in [2.24, 2.45) is 5.73 Å². The topological polar surface area (TPSA) is 121 Å². The highest BCUT2D eigenvalue weighted by atomic mass is 16.4. The summed E-state index contributed by atoms with van der Waals surface area (Å²) in [5.74, 6) is -1.02. The van der Waals surface area contributed by atoms with Gasteiger partial charge >= 0.3 is 5.97 Å². The number of nitrogens with two attached hydrogens (primary N) is 1. The zero-order chi connectivity index (χ0) is 19.1. The van der Waals surface area contributed by atoms with Crippen molar-refractivity contribution in [3.05, 3.63) is 0 Å². The molecule has 0 bridgehead atoms. The number of hydrogen-bond donors (Lipinski definition) is 4. The standard InChI is InChI=1S/C19H37NO5/c1-2-3-4-9-12-16(22)13-10-7-5-6-8-11-14-17(23)19(20,15-21)18(24)25/h17,21,23H,2-15,20H2,1H3,(H,24,25)/t17-,19-/m0/s1. The monoisotopic (exact) mass is 359 g/mol. The molecular weight excluding hydrogens is 322 g/mol. The number of hydrogen-bond acceptors (Lipinski definition) is 5. The van der Waals surface area contributed by atoms with Crippen LogP contribution < -0.4 is 5.73 Å². The summed E-state index contributed by atoms with van der Waals surface area (Å²) >= 11 is 0. The number of carboxylic acids is 1. The lowest BCUT2D eigenvalue weighted by atomic mass is 9.90. The lowest BCUT2D eigenvalue weighted by Gasteiger charge is -2.27. The normalized spacial score (nSPS) is 14.9. The number of unbranched alkanes of at least 4 members (excludes halogenated alkanes) is 8. The molecule has 0 aliphatic heterocycles. The summed E-state index contributed by atoms with van der Waals surface area (Å²) in [4.78, 5) is 22.7. The average Bonchev–Trinajstić information content (AvgIpc) is 2.59. The van der Waals surface area contributed by atoms with E-state index in [1.165, 1.54) is 12.8 Å². The van der Waals surface area contributed by atoms with Gasteiger partial charge in [-0.2, -0.15) is 0 Å². The van der Waals surface area contributed by atoms with E-state index in [9.17, 15) is 14.7 Å². The second-order valence-corrected chi connectivity index (χ2v) is 7.03. The molecule has 0 aromatic rings. The van der Waals surface area contributed by atoms with Gasteiger partial charge in [-0.1, -0.05) is 58.3 Å². The van der Waals surface area contributed by atoms with Gasteiger partial charge in [-0.05, 0) is 19.3 Å². The van der Waals surface area contributed by atoms with Crippen LogP contribution in [0, 0.1) is 0 Å². The van der Waals surface area contributed by atoms with E-state index in [4.69, 9.17) is 15.9 Å². The molecule has 25 heavy (non-hydrogen) atoms. The van der Waals surface area contributed by atoms with Crippen LogP contribution in [-0.2, 0) is 9.59 Å². The summed E-state index contributed by atoms with van der Waals surface area (Å²) in [7, 11) is 0. The number of carboxylic acid groups (broad SMARTS) is 1. The zero-order valence-electron chi connectivity index (χ0n) is 15.7. The highest BCUT2D eigenvalue weighted by Crippen LogP contribution is 2.16. The van der Waals surface area contributed by atoms with Gasteiger partial charge in [-0.25, -0.2) is 0 Å². The molecule has 0 aromatic heterocycles. The fraction of sp³-hybridized carbons (Fsp3) is 0.895. The first-order valence-electron chi connectivity index (χ1n) is 9.71. The highest BCUT2D eigenvalue weighted by Gasteiger charge is 2.40. The van der Waals surface area contributed by atoms with Gasteiger partial charge in [0, 0.05) is 12.8 Å². The minimum atomic E-state index is -1.97. The van der Waals surface area contributed by atoms with E-state index in [0.29, 0.717) is 25.0 Å². The molecule has 6 nitrogen and oxygen atoms in total. The van der Waals surface area contributed by atoms with E-state index < -0.39 is 24.2 Å². The van der Waals surface area contributed by atoms with Gasteiger partial charge in [0.15, 0.2) is 5.54 Å². The van der Waals surface area contributed by atoms with E-state index in [-0.39, 0.29) is 6.42 Å². The van der Waals surface area contributed by atoms with Crippen LogP contribution in [0.15, 0.2) is 0 Å². The average molecular weight is 360 g/mol. The Hall–Kier alpha value is -0.980. The van der Waals surface area contributed by atoms with Crippen LogP contribution in [0.1, 0.15) is 90.4 Å². The Balaban J connectivity index is 3.58. The predicted octanol–water partition coefficient (Wildman–Crippen LogP) is 2.78. The van der Waals surface area contributed by atoms with Crippen LogP contribution in [0.3, 0.4) is 0 Å². The first-order valence-corrected chi connectivity index (χ1v) is 9.71. The van der Waals surface area contributed by atoms with E-state index in [1.807, 2.05) is 0 Å². The molecule has 0 saturated carbocycles. The van der Waals surface area contributed by atoms with E-state index in [1.54, 1.807) is 0 Å². The predicted molar refractivity (Wildman–Crippen MR) is 98.3 cm³/mol. The van der Waals surface area contributed by atoms with E-state index in [2.05, 4.69) is 6.92 Å². The van der Waals surface area contributed by atoms with E-state index >= 15 is 0 Å². The van der Waals surface area contributed by atoms with Crippen molar-refractivity contribution in [3.8, 4) is 0 Å².